The van der Waals surface area contributed by atoms with Crippen molar-refractivity contribution in [2.45, 2.75) is 38.1 Å². The molecule has 5 rings (SSSR count). The zero-order valence-corrected chi connectivity index (χ0v) is 21.2. The van der Waals surface area contributed by atoms with Crippen molar-refractivity contribution in [1.29, 1.82) is 0 Å². The lowest BCUT2D eigenvalue weighted by molar-refractivity contribution is -0.139. The number of rotatable bonds is 7. The summed E-state index contributed by atoms with van der Waals surface area (Å²) in [6.45, 7) is 0.328. The Bertz CT molecular complexity index is 1340. The molecule has 6 heteroatoms. The number of ether oxygens (including phenoxy) is 2. The van der Waals surface area contributed by atoms with E-state index in [-0.39, 0.29) is 11.3 Å². The van der Waals surface area contributed by atoms with Gasteiger partial charge in [0.05, 0.1) is 25.8 Å². The Labute approximate surface area is 217 Å². The molecular formula is C31H31NO5. The van der Waals surface area contributed by atoms with Crippen molar-refractivity contribution in [3.05, 3.63) is 100 Å². The molecule has 0 bridgehead atoms. The first kappa shape index (κ1) is 24.6. The number of carbonyl (C=O) groups excluding carboxylic acids is 2. The maximum Gasteiger partial charge on any atom is 0.295 e. The maximum absolute atomic E-state index is 13.4. The van der Waals surface area contributed by atoms with Gasteiger partial charge in [0.1, 0.15) is 17.3 Å². The van der Waals surface area contributed by atoms with Crippen molar-refractivity contribution < 1.29 is 24.2 Å². The quantitative estimate of drug-likeness (QED) is 0.274. The van der Waals surface area contributed by atoms with Gasteiger partial charge in [-0.05, 0) is 84.7 Å². The largest absolute Gasteiger partial charge is 0.507 e. The van der Waals surface area contributed by atoms with Gasteiger partial charge in [-0.3, -0.25) is 9.59 Å². The summed E-state index contributed by atoms with van der Waals surface area (Å²) in [5, 5.41) is 11.4. The van der Waals surface area contributed by atoms with E-state index in [0.29, 0.717) is 24.3 Å². The van der Waals surface area contributed by atoms with Crippen molar-refractivity contribution in [3.8, 4) is 11.5 Å². The van der Waals surface area contributed by atoms with Gasteiger partial charge >= 0.3 is 0 Å². The number of aliphatic hydroxyl groups is 1. The third-order valence-corrected chi connectivity index (χ3v) is 7.39. The lowest BCUT2D eigenvalue weighted by Crippen LogP contribution is -2.31. The van der Waals surface area contributed by atoms with E-state index < -0.39 is 17.7 Å². The molecule has 0 radical (unpaired) electrons. The summed E-state index contributed by atoms with van der Waals surface area (Å²) in [6, 6.07) is 20.1. The third-order valence-electron chi connectivity index (χ3n) is 7.39. The molecule has 1 saturated heterocycles. The highest BCUT2D eigenvalue weighted by Gasteiger charge is 2.45. The zero-order chi connectivity index (χ0) is 25.9. The van der Waals surface area contributed by atoms with Gasteiger partial charge in [0.15, 0.2) is 0 Å². The number of nitrogens with zero attached hydrogens (tertiary/aromatic N) is 1. The number of hydrogen-bond acceptors (Lipinski definition) is 5. The average molecular weight is 498 g/mol. The molecule has 1 atom stereocenters. The van der Waals surface area contributed by atoms with Gasteiger partial charge in [0, 0.05) is 12.1 Å². The molecule has 1 heterocycles. The van der Waals surface area contributed by atoms with Gasteiger partial charge < -0.3 is 19.5 Å². The molecule has 1 amide bonds. The van der Waals surface area contributed by atoms with Crippen molar-refractivity contribution in [1.82, 2.24) is 4.90 Å². The SMILES string of the molecule is COc1ccc(CCN2C(=O)C(=O)/C(=C(\O)c3ccc4c(c3)CCCC4)C2c2ccc(OC)cc2)cc1. The highest BCUT2D eigenvalue weighted by Crippen LogP contribution is 2.40. The van der Waals surface area contributed by atoms with Crippen LogP contribution in [0.15, 0.2) is 72.3 Å². The third kappa shape index (κ3) is 4.84. The van der Waals surface area contributed by atoms with Crippen LogP contribution in [0.5, 0.6) is 11.5 Å². The van der Waals surface area contributed by atoms with Gasteiger partial charge in [-0.1, -0.05) is 36.4 Å². The normalized spacial score (nSPS) is 18.5. The Morgan fingerprint density at radius 2 is 1.49 bits per heavy atom. The summed E-state index contributed by atoms with van der Waals surface area (Å²) in [5.74, 6) is 0.0418. The number of carbonyl (C=O) groups is 2. The van der Waals surface area contributed by atoms with Gasteiger partial charge in [-0.15, -0.1) is 0 Å². The van der Waals surface area contributed by atoms with Crippen LogP contribution in [-0.4, -0.2) is 42.5 Å². The Balaban J connectivity index is 1.53. The van der Waals surface area contributed by atoms with Crippen molar-refractivity contribution in [2.75, 3.05) is 20.8 Å². The number of aliphatic hydroxyl groups excluding tert-OH is 1. The molecule has 3 aromatic rings. The summed E-state index contributed by atoms with van der Waals surface area (Å²) in [6.07, 6.45) is 4.81. The average Bonchev–Trinajstić information content (AvgIpc) is 3.20. The molecule has 37 heavy (non-hydrogen) atoms. The molecule has 0 aromatic heterocycles. The number of amides is 1. The fourth-order valence-electron chi connectivity index (χ4n) is 5.32. The van der Waals surface area contributed by atoms with Gasteiger partial charge in [-0.25, -0.2) is 0 Å². The van der Waals surface area contributed by atoms with E-state index in [1.165, 1.54) is 11.1 Å². The first-order valence-electron chi connectivity index (χ1n) is 12.7. The number of likely N-dealkylation sites (tertiary alicyclic amines) is 1. The van der Waals surface area contributed by atoms with Crippen LogP contribution in [0, 0.1) is 0 Å². The van der Waals surface area contributed by atoms with Crippen molar-refractivity contribution in [3.63, 3.8) is 0 Å². The zero-order valence-electron chi connectivity index (χ0n) is 21.2. The summed E-state index contributed by atoms with van der Waals surface area (Å²) in [5.41, 5.74) is 4.95. The summed E-state index contributed by atoms with van der Waals surface area (Å²) >= 11 is 0. The van der Waals surface area contributed by atoms with E-state index >= 15 is 0 Å². The number of methoxy groups -OCH3 is 2. The highest BCUT2D eigenvalue weighted by molar-refractivity contribution is 6.46. The Morgan fingerprint density at radius 1 is 0.865 bits per heavy atom. The first-order valence-corrected chi connectivity index (χ1v) is 12.7. The predicted octanol–water partition coefficient (Wildman–Crippen LogP) is 5.25. The Morgan fingerprint density at radius 3 is 2.14 bits per heavy atom. The lowest BCUT2D eigenvalue weighted by atomic mass is 9.88. The van der Waals surface area contributed by atoms with E-state index in [2.05, 4.69) is 0 Å². The minimum absolute atomic E-state index is 0.125. The molecule has 3 aromatic carbocycles. The minimum atomic E-state index is -0.694. The van der Waals surface area contributed by atoms with E-state index in [9.17, 15) is 14.7 Å². The number of aryl methyl sites for hydroxylation is 2. The molecule has 0 spiro atoms. The topological polar surface area (TPSA) is 76.1 Å². The first-order chi connectivity index (χ1) is 18.0. The Hall–Kier alpha value is -4.06. The minimum Gasteiger partial charge on any atom is -0.507 e. The number of ketones is 1. The smallest absolute Gasteiger partial charge is 0.295 e. The monoisotopic (exact) mass is 497 g/mol. The van der Waals surface area contributed by atoms with Crippen LogP contribution in [0.3, 0.4) is 0 Å². The predicted molar refractivity (Wildman–Crippen MR) is 142 cm³/mol. The summed E-state index contributed by atoms with van der Waals surface area (Å²) in [7, 11) is 3.21. The molecule has 190 valence electrons. The van der Waals surface area contributed by atoms with Crippen molar-refractivity contribution in [2.24, 2.45) is 0 Å². The van der Waals surface area contributed by atoms with Crippen LogP contribution in [-0.2, 0) is 28.9 Å². The Kier molecular flexibility index (Phi) is 6.99. The number of fused-ring (bicyclic) bond motifs is 1. The van der Waals surface area contributed by atoms with E-state index in [0.717, 1.165) is 42.6 Å². The molecule has 1 aliphatic heterocycles. The fourth-order valence-corrected chi connectivity index (χ4v) is 5.32. The van der Waals surface area contributed by atoms with E-state index in [1.54, 1.807) is 31.3 Å². The van der Waals surface area contributed by atoms with E-state index in [1.807, 2.05) is 54.6 Å². The molecule has 1 aliphatic carbocycles. The van der Waals surface area contributed by atoms with Crippen LogP contribution in [0.2, 0.25) is 0 Å². The van der Waals surface area contributed by atoms with Crippen LogP contribution in [0.25, 0.3) is 5.76 Å². The second kappa shape index (κ2) is 10.5. The standard InChI is InChI=1S/C31H31NO5/c1-36-25-13-7-20(8-14-25)17-18-32-28(22-11-15-26(37-2)16-12-22)27(30(34)31(32)35)29(33)24-10-9-21-5-3-4-6-23(21)19-24/h7-16,19,28,33H,3-6,17-18H2,1-2H3/b29-27-. The summed E-state index contributed by atoms with van der Waals surface area (Å²) in [4.78, 5) is 28.2. The van der Waals surface area contributed by atoms with Gasteiger partial charge in [-0.2, -0.15) is 0 Å². The molecular weight excluding hydrogens is 466 g/mol. The number of hydrogen-bond donors (Lipinski definition) is 1. The molecule has 1 N–H and O–H groups in total. The second-order valence-corrected chi connectivity index (χ2v) is 9.55. The van der Waals surface area contributed by atoms with Crippen molar-refractivity contribution >= 4 is 17.4 Å². The van der Waals surface area contributed by atoms with Crippen LogP contribution in [0.4, 0.5) is 0 Å². The molecule has 2 aliphatic rings. The number of Topliss-reactive ketones (excluding diaryl/α,β-unsaturated/α-hetero) is 1. The second-order valence-electron chi connectivity index (χ2n) is 9.55. The van der Waals surface area contributed by atoms with Crippen LogP contribution < -0.4 is 9.47 Å². The maximum atomic E-state index is 13.4. The van der Waals surface area contributed by atoms with E-state index in [4.69, 9.17) is 9.47 Å². The fraction of sp³-hybridized carbons (Fsp3) is 0.290. The molecule has 0 saturated carbocycles. The molecule has 1 fully saturated rings. The van der Waals surface area contributed by atoms with Crippen LogP contribution in [0.1, 0.15) is 46.7 Å². The van der Waals surface area contributed by atoms with Gasteiger partial charge in [0.25, 0.3) is 11.7 Å². The number of benzene rings is 3. The lowest BCUT2D eigenvalue weighted by Gasteiger charge is -2.26. The van der Waals surface area contributed by atoms with Gasteiger partial charge in [0.2, 0.25) is 0 Å². The van der Waals surface area contributed by atoms with Crippen LogP contribution >= 0.6 is 0 Å². The molecule has 1 unspecified atom stereocenters. The molecule has 6 nitrogen and oxygen atoms in total. The highest BCUT2D eigenvalue weighted by atomic mass is 16.5. The summed E-state index contributed by atoms with van der Waals surface area (Å²) < 4.78 is 10.5.